The summed E-state index contributed by atoms with van der Waals surface area (Å²) in [5.74, 6) is -1.68. The minimum Gasteiger partial charge on any atom is -0.480 e. The van der Waals surface area contributed by atoms with Gasteiger partial charge in [-0.25, -0.2) is 4.79 Å². The van der Waals surface area contributed by atoms with Crippen molar-refractivity contribution >= 4 is 28.7 Å². The molecule has 7 nitrogen and oxygen atoms in total. The third-order valence-corrected chi connectivity index (χ3v) is 4.08. The van der Waals surface area contributed by atoms with Gasteiger partial charge in [0.25, 0.3) is 0 Å². The predicted octanol–water partition coefficient (Wildman–Crippen LogP) is 1.83. The molecule has 1 atom stereocenters. The Morgan fingerprint density at radius 2 is 1.88 bits per heavy atom. The van der Waals surface area contributed by atoms with Crippen LogP contribution >= 0.6 is 0 Å². The van der Waals surface area contributed by atoms with Gasteiger partial charge in [-0.3, -0.25) is 9.59 Å². The Morgan fingerprint density at radius 1 is 1.15 bits per heavy atom. The molecule has 4 N–H and O–H groups in total. The second kappa shape index (κ2) is 9.03. The van der Waals surface area contributed by atoms with Crippen LogP contribution < -0.4 is 10.6 Å². The van der Waals surface area contributed by atoms with Gasteiger partial charge < -0.3 is 20.7 Å². The second-order valence-corrected chi connectivity index (χ2v) is 6.72. The van der Waals surface area contributed by atoms with Crippen molar-refractivity contribution in [1.29, 1.82) is 0 Å². The summed E-state index contributed by atoms with van der Waals surface area (Å²) in [6, 6.07) is 6.91. The first kappa shape index (κ1) is 19.5. The first-order valence-electron chi connectivity index (χ1n) is 8.70. The fourth-order valence-electron chi connectivity index (χ4n) is 2.79. The minimum absolute atomic E-state index is 0.141. The molecule has 2 amide bonds. The van der Waals surface area contributed by atoms with Crippen molar-refractivity contribution in [2.24, 2.45) is 5.92 Å². The number of amides is 2. The summed E-state index contributed by atoms with van der Waals surface area (Å²) in [4.78, 5) is 38.1. The lowest BCUT2D eigenvalue weighted by atomic mass is 10.0. The molecule has 0 aliphatic heterocycles. The molecule has 1 aromatic carbocycles. The molecule has 0 saturated heterocycles. The predicted molar refractivity (Wildman–Crippen MR) is 98.7 cm³/mol. The van der Waals surface area contributed by atoms with Crippen molar-refractivity contribution in [2.75, 3.05) is 6.54 Å². The van der Waals surface area contributed by atoms with E-state index in [1.807, 2.05) is 44.3 Å². The number of carboxylic acid groups (broad SMARTS) is 1. The van der Waals surface area contributed by atoms with E-state index in [4.69, 9.17) is 5.11 Å². The van der Waals surface area contributed by atoms with Crippen LogP contribution in [0, 0.1) is 5.92 Å². The van der Waals surface area contributed by atoms with Gasteiger partial charge in [-0.15, -0.1) is 0 Å². The minimum atomic E-state index is -1.07. The number of aromatic nitrogens is 1. The topological polar surface area (TPSA) is 111 Å². The van der Waals surface area contributed by atoms with Crippen molar-refractivity contribution in [1.82, 2.24) is 15.6 Å². The maximum absolute atomic E-state index is 12.0. The van der Waals surface area contributed by atoms with Gasteiger partial charge in [-0.05, 0) is 30.4 Å². The summed E-state index contributed by atoms with van der Waals surface area (Å²) in [5, 5.41) is 15.2. The smallest absolute Gasteiger partial charge is 0.326 e. The lowest BCUT2D eigenvalue weighted by Gasteiger charge is -2.16. The summed E-state index contributed by atoms with van der Waals surface area (Å²) < 4.78 is 0. The van der Waals surface area contributed by atoms with E-state index in [9.17, 15) is 14.4 Å². The number of aromatic amines is 1. The lowest BCUT2D eigenvalue weighted by Crippen LogP contribution is -2.46. The molecule has 0 fully saturated rings. The van der Waals surface area contributed by atoms with Gasteiger partial charge >= 0.3 is 5.97 Å². The number of rotatable bonds is 9. The lowest BCUT2D eigenvalue weighted by molar-refractivity contribution is -0.142. The van der Waals surface area contributed by atoms with Gasteiger partial charge in [0, 0.05) is 23.5 Å². The average Bonchev–Trinajstić information content (AvgIpc) is 3.00. The van der Waals surface area contributed by atoms with Crippen LogP contribution in [0.5, 0.6) is 0 Å². The molecule has 140 valence electrons. The number of benzene rings is 1. The Labute approximate surface area is 152 Å². The molecule has 0 unspecified atom stereocenters. The average molecular weight is 359 g/mol. The van der Waals surface area contributed by atoms with E-state index in [0.29, 0.717) is 12.8 Å². The number of H-pyrrole nitrogens is 1. The van der Waals surface area contributed by atoms with Crippen LogP contribution in [-0.4, -0.2) is 40.5 Å². The molecule has 26 heavy (non-hydrogen) atoms. The molecule has 0 saturated carbocycles. The molecule has 0 bridgehead atoms. The summed E-state index contributed by atoms with van der Waals surface area (Å²) in [6.45, 7) is 3.54. The zero-order valence-electron chi connectivity index (χ0n) is 15.0. The van der Waals surface area contributed by atoms with Gasteiger partial charge in [0.2, 0.25) is 11.8 Å². The number of hydrogen-bond acceptors (Lipinski definition) is 3. The number of nitrogens with one attached hydrogen (secondary N) is 3. The highest BCUT2D eigenvalue weighted by Gasteiger charge is 2.21. The molecule has 0 aliphatic carbocycles. The Bertz CT molecular complexity index is 782. The number of carbonyl (C=O) groups is 3. The number of carbonyl (C=O) groups excluding carboxylic acids is 2. The van der Waals surface area contributed by atoms with Crippen molar-refractivity contribution in [3.05, 3.63) is 36.0 Å². The Morgan fingerprint density at radius 3 is 2.58 bits per heavy atom. The van der Waals surface area contributed by atoms with Crippen LogP contribution in [-0.2, 0) is 20.8 Å². The van der Waals surface area contributed by atoms with Crippen LogP contribution in [0.2, 0.25) is 0 Å². The molecule has 0 aliphatic rings. The molecule has 7 heteroatoms. The van der Waals surface area contributed by atoms with E-state index in [1.165, 1.54) is 0 Å². The second-order valence-electron chi connectivity index (χ2n) is 6.72. The third kappa shape index (κ3) is 5.61. The molecule has 1 aromatic heterocycles. The first-order chi connectivity index (χ1) is 12.4. The largest absolute Gasteiger partial charge is 0.480 e. The third-order valence-electron chi connectivity index (χ3n) is 4.08. The number of aryl methyl sites for hydroxylation is 1. The van der Waals surface area contributed by atoms with Gasteiger partial charge in [-0.2, -0.15) is 0 Å². The quantitative estimate of drug-likeness (QED) is 0.547. The van der Waals surface area contributed by atoms with Gasteiger partial charge in [0.15, 0.2) is 0 Å². The van der Waals surface area contributed by atoms with Gasteiger partial charge in [0.05, 0.1) is 6.54 Å². The zero-order valence-corrected chi connectivity index (χ0v) is 15.0. The van der Waals surface area contributed by atoms with Gasteiger partial charge in [0.1, 0.15) is 6.04 Å². The number of para-hydroxylation sites is 1. The highest BCUT2D eigenvalue weighted by atomic mass is 16.4. The number of aliphatic carboxylic acids is 1. The summed E-state index contributed by atoms with van der Waals surface area (Å²) in [6.07, 6.45) is 3.04. The van der Waals surface area contributed by atoms with E-state index in [-0.39, 0.29) is 24.8 Å². The van der Waals surface area contributed by atoms with Crippen LogP contribution in [0.3, 0.4) is 0 Å². The van der Waals surface area contributed by atoms with Crippen molar-refractivity contribution < 1.29 is 19.5 Å². The van der Waals surface area contributed by atoms with E-state index in [1.54, 1.807) is 0 Å². The number of fused-ring (bicyclic) bond motifs is 1. The Balaban J connectivity index is 1.77. The van der Waals surface area contributed by atoms with Crippen LogP contribution in [0.4, 0.5) is 0 Å². The molecular weight excluding hydrogens is 334 g/mol. The summed E-state index contributed by atoms with van der Waals surface area (Å²) in [7, 11) is 0. The molecule has 2 aromatic rings. The number of carboxylic acids is 1. The van der Waals surface area contributed by atoms with Crippen molar-refractivity contribution in [2.45, 2.75) is 39.2 Å². The van der Waals surface area contributed by atoms with E-state index in [0.717, 1.165) is 16.5 Å². The van der Waals surface area contributed by atoms with Crippen molar-refractivity contribution in [3.63, 3.8) is 0 Å². The van der Waals surface area contributed by atoms with Crippen molar-refractivity contribution in [3.8, 4) is 0 Å². The maximum Gasteiger partial charge on any atom is 0.326 e. The Hall–Kier alpha value is -2.83. The molecule has 2 rings (SSSR count). The molecular formula is C19H25N3O4. The maximum atomic E-state index is 12.0. The molecule has 0 radical (unpaired) electrons. The fourth-order valence-corrected chi connectivity index (χ4v) is 2.79. The van der Waals surface area contributed by atoms with Crippen LogP contribution in [0.1, 0.15) is 32.3 Å². The normalized spacial score (nSPS) is 12.1. The fraction of sp³-hybridized carbons (Fsp3) is 0.421. The summed E-state index contributed by atoms with van der Waals surface area (Å²) in [5.41, 5.74) is 2.07. The number of hydrogen-bond donors (Lipinski definition) is 4. The Kier molecular flexibility index (Phi) is 6.77. The van der Waals surface area contributed by atoms with E-state index < -0.39 is 17.9 Å². The molecule has 0 spiro atoms. The first-order valence-corrected chi connectivity index (χ1v) is 8.70. The molecule has 1 heterocycles. The highest BCUT2D eigenvalue weighted by Crippen LogP contribution is 2.18. The van der Waals surface area contributed by atoms with E-state index >= 15 is 0 Å². The highest BCUT2D eigenvalue weighted by molar-refractivity contribution is 5.88. The van der Waals surface area contributed by atoms with Crippen LogP contribution in [0.15, 0.2) is 30.5 Å². The standard InChI is InChI=1S/C19H25N3O4/c1-12(2)9-16(19(25)26)22-18(24)11-21-17(23)8-7-13-10-20-15-6-4-3-5-14(13)15/h3-6,10,12,16,20H,7-9,11H2,1-2H3,(H,21,23)(H,22,24)(H,25,26)/t16-/m0/s1. The SMILES string of the molecule is CC(C)C[C@H](NC(=O)CNC(=O)CCc1c[nH]c2ccccc12)C(=O)O. The summed E-state index contributed by atoms with van der Waals surface area (Å²) >= 11 is 0. The van der Waals surface area contributed by atoms with Crippen LogP contribution in [0.25, 0.3) is 10.9 Å². The monoisotopic (exact) mass is 359 g/mol. The zero-order chi connectivity index (χ0) is 19.1. The van der Waals surface area contributed by atoms with E-state index in [2.05, 4.69) is 15.6 Å². The van der Waals surface area contributed by atoms with Gasteiger partial charge in [-0.1, -0.05) is 32.0 Å².